The molecular weight excluding hydrogens is 352 g/mol. The van der Waals surface area contributed by atoms with E-state index in [1.165, 1.54) is 25.8 Å². The van der Waals surface area contributed by atoms with Crippen molar-refractivity contribution in [2.75, 3.05) is 13.4 Å². The molecule has 1 aliphatic rings. The van der Waals surface area contributed by atoms with Gasteiger partial charge in [-0.3, -0.25) is 4.79 Å². The molecule has 1 amide bonds. The Hall–Kier alpha value is -2.20. The second kappa shape index (κ2) is 8.95. The molecule has 1 N–H and O–H groups in total. The molecule has 1 aromatic carbocycles. The van der Waals surface area contributed by atoms with Crippen molar-refractivity contribution < 1.29 is 19.1 Å². The van der Waals surface area contributed by atoms with Gasteiger partial charge in [0.15, 0.2) is 6.10 Å². The molecule has 0 radical (unpaired) electrons. The highest BCUT2D eigenvalue weighted by Crippen LogP contribution is 2.28. The van der Waals surface area contributed by atoms with Crippen molar-refractivity contribution in [2.24, 2.45) is 0 Å². The average molecular weight is 376 g/mol. The van der Waals surface area contributed by atoms with Gasteiger partial charge in [-0.05, 0) is 44.2 Å². The topological polar surface area (TPSA) is 88.4 Å². The number of nitrogens with one attached hydrogen (secondary N) is 1. The van der Waals surface area contributed by atoms with Crippen molar-refractivity contribution in [3.8, 4) is 11.8 Å². The van der Waals surface area contributed by atoms with E-state index in [9.17, 15) is 14.9 Å². The van der Waals surface area contributed by atoms with Crippen LogP contribution < -0.4 is 10.1 Å². The Bertz CT molecular complexity index is 708. The number of nitriles is 1. The van der Waals surface area contributed by atoms with Gasteiger partial charge in [0.2, 0.25) is 0 Å². The molecule has 0 bridgehead atoms. The van der Waals surface area contributed by atoms with Gasteiger partial charge in [0, 0.05) is 4.90 Å². The van der Waals surface area contributed by atoms with Gasteiger partial charge >= 0.3 is 5.97 Å². The van der Waals surface area contributed by atoms with Gasteiger partial charge in [-0.25, -0.2) is 4.79 Å². The Morgan fingerprint density at radius 3 is 2.58 bits per heavy atom. The standard InChI is InChI=1S/C19H24N2O4S/c1-13(17(22)21-19(12-20)9-5-4-6-10-19)25-18(23)15-8-7-14(26-3)11-16(15)24-2/h7-8,11,13H,4-6,9-10H2,1-3H3,(H,21,22). The first kappa shape index (κ1) is 20.1. The SMILES string of the molecule is COc1cc(SC)ccc1C(=O)OC(C)C(=O)NC1(C#N)CCCCC1. The van der Waals surface area contributed by atoms with Crippen molar-refractivity contribution in [1.29, 1.82) is 5.26 Å². The van der Waals surface area contributed by atoms with Crippen LogP contribution >= 0.6 is 11.8 Å². The molecule has 0 spiro atoms. The minimum Gasteiger partial charge on any atom is -0.496 e. The Morgan fingerprint density at radius 2 is 2.00 bits per heavy atom. The highest BCUT2D eigenvalue weighted by atomic mass is 32.2. The average Bonchev–Trinajstić information content (AvgIpc) is 2.67. The van der Waals surface area contributed by atoms with E-state index >= 15 is 0 Å². The van der Waals surface area contributed by atoms with E-state index in [-0.39, 0.29) is 5.56 Å². The molecule has 26 heavy (non-hydrogen) atoms. The van der Waals surface area contributed by atoms with Gasteiger partial charge in [-0.2, -0.15) is 5.26 Å². The summed E-state index contributed by atoms with van der Waals surface area (Å²) in [6, 6.07) is 7.39. The summed E-state index contributed by atoms with van der Waals surface area (Å²) >= 11 is 1.53. The van der Waals surface area contributed by atoms with Crippen LogP contribution in [0.4, 0.5) is 0 Å². The first-order valence-electron chi connectivity index (χ1n) is 8.61. The predicted molar refractivity (Wildman–Crippen MR) is 99.2 cm³/mol. The highest BCUT2D eigenvalue weighted by Gasteiger charge is 2.35. The third-order valence-corrected chi connectivity index (χ3v) is 5.29. The van der Waals surface area contributed by atoms with E-state index in [2.05, 4.69) is 11.4 Å². The minimum atomic E-state index is -1.00. The summed E-state index contributed by atoms with van der Waals surface area (Å²) in [5, 5.41) is 12.2. The number of nitrogens with zero attached hydrogens (tertiary/aromatic N) is 1. The predicted octanol–water partition coefficient (Wildman–Crippen LogP) is 3.31. The number of rotatable bonds is 6. The second-order valence-corrected chi connectivity index (χ2v) is 7.24. The van der Waals surface area contributed by atoms with Gasteiger partial charge < -0.3 is 14.8 Å². The highest BCUT2D eigenvalue weighted by molar-refractivity contribution is 7.98. The molecule has 1 atom stereocenters. The Labute approximate surface area is 158 Å². The van der Waals surface area contributed by atoms with E-state index in [4.69, 9.17) is 9.47 Å². The first-order valence-corrected chi connectivity index (χ1v) is 9.83. The zero-order chi connectivity index (χ0) is 19.2. The summed E-state index contributed by atoms with van der Waals surface area (Å²) < 4.78 is 10.5. The number of benzene rings is 1. The normalized spacial score (nSPS) is 16.8. The van der Waals surface area contributed by atoms with Crippen molar-refractivity contribution in [3.63, 3.8) is 0 Å². The molecule has 140 valence electrons. The van der Waals surface area contributed by atoms with Gasteiger partial charge in [-0.1, -0.05) is 19.3 Å². The van der Waals surface area contributed by atoms with Crippen LogP contribution in [0, 0.1) is 11.3 Å². The molecule has 1 saturated carbocycles. The van der Waals surface area contributed by atoms with E-state index in [1.54, 1.807) is 18.2 Å². The van der Waals surface area contributed by atoms with Gasteiger partial charge in [0.1, 0.15) is 16.9 Å². The molecule has 1 unspecified atom stereocenters. The molecule has 0 aromatic heterocycles. The fourth-order valence-electron chi connectivity index (χ4n) is 3.00. The van der Waals surface area contributed by atoms with Crippen LogP contribution in [-0.4, -0.2) is 36.9 Å². The maximum absolute atomic E-state index is 12.4. The van der Waals surface area contributed by atoms with Gasteiger partial charge in [0.05, 0.1) is 13.2 Å². The maximum Gasteiger partial charge on any atom is 0.342 e. The largest absolute Gasteiger partial charge is 0.496 e. The molecular formula is C19H24N2O4S. The number of thioether (sulfide) groups is 1. The molecule has 0 heterocycles. The third-order valence-electron chi connectivity index (χ3n) is 4.57. The van der Waals surface area contributed by atoms with E-state index < -0.39 is 23.5 Å². The fraction of sp³-hybridized carbons (Fsp3) is 0.526. The molecule has 1 aromatic rings. The van der Waals surface area contributed by atoms with E-state index in [0.717, 1.165) is 24.2 Å². The van der Waals surface area contributed by atoms with E-state index in [0.29, 0.717) is 18.6 Å². The Kier molecular flexibility index (Phi) is 6.92. The second-order valence-electron chi connectivity index (χ2n) is 6.36. The number of carbonyl (C=O) groups excluding carboxylic acids is 2. The lowest BCUT2D eigenvalue weighted by molar-refractivity contribution is -0.130. The number of hydrogen-bond acceptors (Lipinski definition) is 6. The molecule has 6 nitrogen and oxygen atoms in total. The van der Waals surface area contributed by atoms with Crippen molar-refractivity contribution >= 4 is 23.6 Å². The maximum atomic E-state index is 12.4. The first-order chi connectivity index (χ1) is 12.4. The van der Waals surface area contributed by atoms with Gasteiger partial charge in [-0.15, -0.1) is 11.8 Å². The fourth-order valence-corrected chi connectivity index (χ4v) is 3.43. The molecule has 0 saturated heterocycles. The molecule has 1 fully saturated rings. The number of amides is 1. The summed E-state index contributed by atoms with van der Waals surface area (Å²) in [6.45, 7) is 1.50. The monoisotopic (exact) mass is 376 g/mol. The minimum absolute atomic E-state index is 0.262. The summed E-state index contributed by atoms with van der Waals surface area (Å²) in [5.74, 6) is -0.691. The van der Waals surface area contributed by atoms with Crippen molar-refractivity contribution in [2.45, 2.75) is 55.6 Å². The van der Waals surface area contributed by atoms with Crippen molar-refractivity contribution in [3.05, 3.63) is 23.8 Å². The van der Waals surface area contributed by atoms with Crippen LogP contribution in [0.3, 0.4) is 0 Å². The number of carbonyl (C=O) groups is 2. The zero-order valence-electron chi connectivity index (χ0n) is 15.3. The van der Waals surface area contributed by atoms with Crippen LogP contribution in [-0.2, 0) is 9.53 Å². The van der Waals surface area contributed by atoms with E-state index in [1.807, 2.05) is 6.26 Å². The zero-order valence-corrected chi connectivity index (χ0v) is 16.1. The summed E-state index contributed by atoms with van der Waals surface area (Å²) in [6.07, 6.45) is 5.05. The smallest absolute Gasteiger partial charge is 0.342 e. The summed E-state index contributed by atoms with van der Waals surface area (Å²) in [7, 11) is 1.48. The lowest BCUT2D eigenvalue weighted by Gasteiger charge is -2.32. The Morgan fingerprint density at radius 1 is 1.31 bits per heavy atom. The third kappa shape index (κ3) is 4.70. The number of esters is 1. The molecule has 7 heteroatoms. The van der Waals surface area contributed by atoms with Crippen LogP contribution in [0.2, 0.25) is 0 Å². The quantitative estimate of drug-likeness (QED) is 0.605. The van der Waals surface area contributed by atoms with Crippen LogP contribution in [0.5, 0.6) is 5.75 Å². The number of methoxy groups -OCH3 is 1. The van der Waals surface area contributed by atoms with Crippen LogP contribution in [0.15, 0.2) is 23.1 Å². The lowest BCUT2D eigenvalue weighted by Crippen LogP contribution is -2.52. The molecule has 0 aliphatic heterocycles. The van der Waals surface area contributed by atoms with Crippen molar-refractivity contribution in [1.82, 2.24) is 5.32 Å². The Balaban J connectivity index is 2.04. The number of hydrogen-bond donors (Lipinski definition) is 1. The molecule has 1 aliphatic carbocycles. The van der Waals surface area contributed by atoms with Crippen LogP contribution in [0.25, 0.3) is 0 Å². The summed E-state index contributed by atoms with van der Waals surface area (Å²) in [4.78, 5) is 25.8. The van der Waals surface area contributed by atoms with Crippen LogP contribution in [0.1, 0.15) is 49.4 Å². The molecule has 2 rings (SSSR count). The lowest BCUT2D eigenvalue weighted by atomic mass is 9.83. The number of ether oxygens (including phenoxy) is 2. The summed E-state index contributed by atoms with van der Waals surface area (Å²) in [5.41, 5.74) is -0.592. The van der Waals surface area contributed by atoms with Gasteiger partial charge in [0.25, 0.3) is 5.91 Å².